The maximum absolute atomic E-state index is 13.1. The summed E-state index contributed by atoms with van der Waals surface area (Å²) in [5.74, 6) is -0.203. The molecule has 0 saturated carbocycles. The van der Waals surface area contributed by atoms with Crippen LogP contribution in [0.4, 0.5) is 11.4 Å². The molecule has 0 radical (unpaired) electrons. The second-order valence-electron chi connectivity index (χ2n) is 8.21. The maximum Gasteiger partial charge on any atom is 0.261 e. The van der Waals surface area contributed by atoms with Crippen molar-refractivity contribution in [3.63, 3.8) is 0 Å². The summed E-state index contributed by atoms with van der Waals surface area (Å²) in [5, 5.41) is 7.63. The molecule has 8 nitrogen and oxygen atoms in total. The van der Waals surface area contributed by atoms with Gasteiger partial charge in [-0.2, -0.15) is 5.10 Å². The minimum Gasteiger partial charge on any atom is -0.368 e. The Morgan fingerprint density at radius 2 is 1.72 bits per heavy atom. The molecule has 9 heteroatoms. The zero-order chi connectivity index (χ0) is 22.9. The summed E-state index contributed by atoms with van der Waals surface area (Å²) in [6, 6.07) is 14.1. The van der Waals surface area contributed by atoms with E-state index in [0.29, 0.717) is 17.6 Å². The van der Waals surface area contributed by atoms with Gasteiger partial charge in [0.05, 0.1) is 16.3 Å². The summed E-state index contributed by atoms with van der Waals surface area (Å²) in [7, 11) is -3.89. The molecule has 0 amide bonds. The van der Waals surface area contributed by atoms with E-state index in [9.17, 15) is 13.2 Å². The van der Waals surface area contributed by atoms with Crippen LogP contribution in [0.1, 0.15) is 31.1 Å². The Bertz CT molecular complexity index is 1200. The van der Waals surface area contributed by atoms with Gasteiger partial charge in [-0.3, -0.25) is 9.52 Å². The van der Waals surface area contributed by atoms with E-state index >= 15 is 0 Å². The molecule has 168 valence electrons. The summed E-state index contributed by atoms with van der Waals surface area (Å²) in [4.78, 5) is 14.5. The summed E-state index contributed by atoms with van der Waals surface area (Å²) >= 11 is 0. The van der Waals surface area contributed by atoms with Gasteiger partial charge >= 0.3 is 0 Å². The van der Waals surface area contributed by atoms with Gasteiger partial charge in [-0.05, 0) is 69.3 Å². The second-order valence-corrected chi connectivity index (χ2v) is 9.89. The van der Waals surface area contributed by atoms with Gasteiger partial charge in [-0.1, -0.05) is 0 Å². The molecule has 1 saturated heterocycles. The van der Waals surface area contributed by atoms with Crippen LogP contribution in [0.15, 0.2) is 65.8 Å². The van der Waals surface area contributed by atoms with Gasteiger partial charge in [-0.25, -0.2) is 13.1 Å². The molecule has 2 atom stereocenters. The number of nitrogens with one attached hydrogen (secondary N) is 2. The summed E-state index contributed by atoms with van der Waals surface area (Å²) in [5.41, 5.74) is 2.25. The molecule has 1 aromatic heterocycles. The molecule has 2 heterocycles. The number of Topliss-reactive ketones (excluding diaryl/α,β-unsaturated/α-hetero) is 1. The lowest BCUT2D eigenvalue weighted by Crippen LogP contribution is -2.54. The number of nitrogens with zero attached hydrogens (tertiary/aromatic N) is 3. The molecule has 2 aromatic carbocycles. The monoisotopic (exact) mass is 453 g/mol. The zero-order valence-electron chi connectivity index (χ0n) is 18.3. The molecule has 1 fully saturated rings. The van der Waals surface area contributed by atoms with Crippen LogP contribution in [0.25, 0.3) is 5.69 Å². The quantitative estimate of drug-likeness (QED) is 0.557. The van der Waals surface area contributed by atoms with Crippen LogP contribution >= 0.6 is 0 Å². The Labute approximate surface area is 188 Å². The lowest BCUT2D eigenvalue weighted by atomic mass is 10.1. The van der Waals surface area contributed by atoms with Crippen molar-refractivity contribution in [1.82, 2.24) is 15.1 Å². The Morgan fingerprint density at radius 3 is 2.31 bits per heavy atom. The Morgan fingerprint density at radius 1 is 1.06 bits per heavy atom. The number of rotatable bonds is 6. The normalized spacial score (nSPS) is 19.0. The van der Waals surface area contributed by atoms with Crippen LogP contribution in [0.5, 0.6) is 0 Å². The van der Waals surface area contributed by atoms with Gasteiger partial charge in [0, 0.05) is 48.8 Å². The number of aromatic nitrogens is 2. The number of carbonyl (C=O) groups excluding carboxylic acids is 1. The number of ketones is 1. The molecule has 0 spiro atoms. The molecule has 3 aromatic rings. The third kappa shape index (κ3) is 4.68. The van der Waals surface area contributed by atoms with Crippen molar-refractivity contribution in [3.05, 3.63) is 66.5 Å². The van der Waals surface area contributed by atoms with Crippen molar-refractivity contribution in [3.8, 4) is 5.69 Å². The number of carbonyl (C=O) groups is 1. The van der Waals surface area contributed by atoms with Crippen molar-refractivity contribution in [2.45, 2.75) is 37.8 Å². The first-order valence-electron chi connectivity index (χ1n) is 10.5. The Balaban J connectivity index is 1.63. The van der Waals surface area contributed by atoms with Crippen LogP contribution in [-0.2, 0) is 10.0 Å². The zero-order valence-corrected chi connectivity index (χ0v) is 19.1. The van der Waals surface area contributed by atoms with Crippen LogP contribution in [0.3, 0.4) is 0 Å². The molecule has 0 aliphatic carbocycles. The van der Waals surface area contributed by atoms with Gasteiger partial charge in [0.2, 0.25) is 0 Å². The van der Waals surface area contributed by atoms with E-state index in [4.69, 9.17) is 0 Å². The fourth-order valence-electron chi connectivity index (χ4n) is 4.06. The van der Waals surface area contributed by atoms with Crippen LogP contribution in [0.2, 0.25) is 0 Å². The van der Waals surface area contributed by atoms with Gasteiger partial charge in [-0.15, -0.1) is 0 Å². The predicted octanol–water partition coefficient (Wildman–Crippen LogP) is 3.06. The number of sulfonamides is 1. The van der Waals surface area contributed by atoms with Crippen molar-refractivity contribution in [2.75, 3.05) is 22.7 Å². The van der Waals surface area contributed by atoms with E-state index in [2.05, 4.69) is 33.9 Å². The van der Waals surface area contributed by atoms with Crippen molar-refractivity contribution < 1.29 is 13.2 Å². The highest BCUT2D eigenvalue weighted by Crippen LogP contribution is 2.28. The number of piperazine rings is 1. The van der Waals surface area contributed by atoms with Crippen LogP contribution in [-0.4, -0.2) is 49.2 Å². The average molecular weight is 454 g/mol. The third-order valence-corrected chi connectivity index (χ3v) is 6.85. The third-order valence-electron chi connectivity index (χ3n) is 5.47. The Kier molecular flexibility index (Phi) is 6.03. The Hall–Kier alpha value is -3.17. The van der Waals surface area contributed by atoms with Gasteiger partial charge < -0.3 is 10.2 Å². The topological polar surface area (TPSA) is 96.3 Å². The number of hydrogen-bond donors (Lipinski definition) is 2. The molecule has 4 rings (SSSR count). The van der Waals surface area contributed by atoms with E-state index < -0.39 is 10.0 Å². The van der Waals surface area contributed by atoms with Gasteiger partial charge in [0.25, 0.3) is 10.0 Å². The van der Waals surface area contributed by atoms with Crippen molar-refractivity contribution in [2.24, 2.45) is 0 Å². The fourth-order valence-corrected chi connectivity index (χ4v) is 5.13. The molecule has 2 unspecified atom stereocenters. The molecule has 32 heavy (non-hydrogen) atoms. The summed E-state index contributed by atoms with van der Waals surface area (Å²) < 4.78 is 30.5. The molecule has 2 N–H and O–H groups in total. The first kappa shape index (κ1) is 22.0. The standard InChI is InChI=1S/C23H27N5O3S/c1-16-14-27(15-17(2)25-16)20-7-10-22(18(3)29)23(13-20)26-32(30,31)21-8-5-19(6-9-21)28-12-4-11-24-28/h4-13,16-17,25-26H,14-15H2,1-3H3. The lowest BCUT2D eigenvalue weighted by Gasteiger charge is -2.38. The van der Waals surface area contributed by atoms with E-state index in [-0.39, 0.29) is 16.4 Å². The van der Waals surface area contributed by atoms with E-state index in [1.54, 1.807) is 47.4 Å². The highest BCUT2D eigenvalue weighted by molar-refractivity contribution is 7.92. The number of hydrogen-bond acceptors (Lipinski definition) is 6. The summed E-state index contributed by atoms with van der Waals surface area (Å²) in [6.07, 6.45) is 3.44. The minimum atomic E-state index is -3.89. The average Bonchev–Trinajstić information content (AvgIpc) is 3.27. The van der Waals surface area contributed by atoms with Gasteiger partial charge in [0.15, 0.2) is 5.78 Å². The highest BCUT2D eigenvalue weighted by Gasteiger charge is 2.23. The largest absolute Gasteiger partial charge is 0.368 e. The number of benzene rings is 2. The molecule has 1 aliphatic heterocycles. The first-order valence-corrected chi connectivity index (χ1v) is 12.0. The van der Waals surface area contributed by atoms with Crippen LogP contribution in [0, 0.1) is 0 Å². The van der Waals surface area contributed by atoms with Crippen LogP contribution < -0.4 is 14.9 Å². The van der Waals surface area contributed by atoms with Gasteiger partial charge in [0.1, 0.15) is 0 Å². The molecule has 0 bridgehead atoms. The number of anilines is 2. The maximum atomic E-state index is 13.1. The summed E-state index contributed by atoms with van der Waals surface area (Å²) in [6.45, 7) is 7.25. The second kappa shape index (κ2) is 8.76. The predicted molar refractivity (Wildman–Crippen MR) is 125 cm³/mol. The highest BCUT2D eigenvalue weighted by atomic mass is 32.2. The molecular formula is C23H27N5O3S. The van der Waals surface area contributed by atoms with E-state index in [1.807, 2.05) is 6.07 Å². The molecule has 1 aliphatic rings. The SMILES string of the molecule is CC(=O)c1ccc(N2CC(C)NC(C)C2)cc1NS(=O)(=O)c1ccc(-n2cccn2)cc1. The van der Waals surface area contributed by atoms with E-state index in [0.717, 1.165) is 24.5 Å². The lowest BCUT2D eigenvalue weighted by molar-refractivity contribution is 0.101. The first-order chi connectivity index (χ1) is 15.2. The fraction of sp³-hybridized carbons (Fsp3) is 0.304. The van der Waals surface area contributed by atoms with E-state index in [1.165, 1.54) is 19.1 Å². The minimum absolute atomic E-state index is 0.109. The van der Waals surface area contributed by atoms with Crippen molar-refractivity contribution >= 4 is 27.2 Å². The smallest absolute Gasteiger partial charge is 0.261 e. The van der Waals surface area contributed by atoms with Crippen molar-refractivity contribution in [1.29, 1.82) is 0 Å². The molecular weight excluding hydrogens is 426 g/mol.